The van der Waals surface area contributed by atoms with Gasteiger partial charge in [0.1, 0.15) is 22.9 Å². The van der Waals surface area contributed by atoms with Gasteiger partial charge in [0.2, 0.25) is 0 Å². The number of aromatic hydroxyl groups is 1. The molecule has 48 heavy (non-hydrogen) atoms. The second-order valence-electron chi connectivity index (χ2n) is 13.7. The Kier molecular flexibility index (Phi) is 8.33. The molecule has 0 radical (unpaired) electrons. The van der Waals surface area contributed by atoms with Crippen molar-refractivity contribution in [1.82, 2.24) is 14.9 Å². The van der Waals surface area contributed by atoms with Crippen molar-refractivity contribution in [3.8, 4) is 22.9 Å². The molecule has 3 fully saturated rings. The minimum atomic E-state index is -1.06. The molecule has 1 atom stereocenters. The van der Waals surface area contributed by atoms with E-state index in [1.807, 2.05) is 0 Å². The highest BCUT2D eigenvalue weighted by Crippen LogP contribution is 2.48. The molecule has 1 aliphatic carbocycles. The third kappa shape index (κ3) is 6.10. The lowest BCUT2D eigenvalue weighted by molar-refractivity contribution is -0.384. The van der Waals surface area contributed by atoms with Gasteiger partial charge >= 0.3 is 6.01 Å². The quantitative estimate of drug-likeness (QED) is 0.169. The number of piperidine rings is 1. The van der Waals surface area contributed by atoms with Crippen molar-refractivity contribution in [3.05, 3.63) is 57.6 Å². The molecule has 3 aromatic carbocycles. The van der Waals surface area contributed by atoms with E-state index < -0.39 is 33.4 Å². The van der Waals surface area contributed by atoms with E-state index in [0.717, 1.165) is 32.5 Å². The van der Waals surface area contributed by atoms with E-state index >= 15 is 8.78 Å². The predicted molar refractivity (Wildman–Crippen MR) is 177 cm³/mol. The van der Waals surface area contributed by atoms with Crippen molar-refractivity contribution in [2.75, 3.05) is 57.4 Å². The minimum Gasteiger partial charge on any atom is -0.508 e. The van der Waals surface area contributed by atoms with Crippen LogP contribution in [0.2, 0.25) is 0 Å². The number of nitro groups is 1. The highest BCUT2D eigenvalue weighted by Gasteiger charge is 2.45. The fourth-order valence-corrected chi connectivity index (χ4v) is 7.30. The SMILES string of the molecule is CCc1c(F)ccc2cc(O)cc(-c3c([N+](=O)[O-])cc4c(N5CCCC(C)(O)C5)nc(OCC5(CN6CCOCC6)CC5)nc4c3F)c12. The van der Waals surface area contributed by atoms with Crippen LogP contribution in [-0.4, -0.2) is 88.1 Å². The van der Waals surface area contributed by atoms with Gasteiger partial charge in [-0.3, -0.25) is 15.0 Å². The molecular weight excluding hydrogens is 624 g/mol. The number of morpholine rings is 1. The summed E-state index contributed by atoms with van der Waals surface area (Å²) in [7, 11) is 0. The van der Waals surface area contributed by atoms with E-state index in [1.54, 1.807) is 18.7 Å². The van der Waals surface area contributed by atoms with Gasteiger partial charge in [0.15, 0.2) is 5.82 Å². The lowest BCUT2D eigenvalue weighted by Crippen LogP contribution is -2.46. The summed E-state index contributed by atoms with van der Waals surface area (Å²) in [6, 6.07) is 6.52. The summed E-state index contributed by atoms with van der Waals surface area (Å²) in [5, 5.41) is 35.0. The number of ether oxygens (including phenoxy) is 2. The van der Waals surface area contributed by atoms with Crippen LogP contribution in [0, 0.1) is 27.2 Å². The molecule has 1 saturated carbocycles. The van der Waals surface area contributed by atoms with Gasteiger partial charge in [-0.2, -0.15) is 9.97 Å². The van der Waals surface area contributed by atoms with Crippen LogP contribution < -0.4 is 9.64 Å². The Hall–Kier alpha value is -4.20. The van der Waals surface area contributed by atoms with Gasteiger partial charge in [-0.15, -0.1) is 0 Å². The third-order valence-electron chi connectivity index (χ3n) is 9.94. The number of phenols is 1. The average Bonchev–Trinajstić information content (AvgIpc) is 3.82. The van der Waals surface area contributed by atoms with Gasteiger partial charge < -0.3 is 24.6 Å². The molecule has 3 aliphatic rings. The summed E-state index contributed by atoms with van der Waals surface area (Å²) in [5.74, 6) is -1.58. The Labute approximate surface area is 276 Å². The van der Waals surface area contributed by atoms with Crippen LogP contribution in [0.1, 0.15) is 45.1 Å². The Morgan fingerprint density at radius 1 is 1.10 bits per heavy atom. The standard InChI is InChI=1S/C35H39F2N5O6/c1-3-23-26(36)6-5-21-15-22(43)16-24(28(21)23)29-27(42(45)46)17-25-31(30(29)37)38-33(39-32(25)41-10-4-7-34(2,44)18-41)48-20-35(8-9-35)19-40-11-13-47-14-12-40/h5-6,15-17,43-44H,3-4,7-14,18-20H2,1-2H3. The molecule has 0 spiro atoms. The monoisotopic (exact) mass is 663 g/mol. The molecule has 3 heterocycles. The Balaban J connectivity index is 1.40. The van der Waals surface area contributed by atoms with E-state index in [4.69, 9.17) is 9.47 Å². The Morgan fingerprint density at radius 3 is 2.56 bits per heavy atom. The highest BCUT2D eigenvalue weighted by molar-refractivity contribution is 6.05. The summed E-state index contributed by atoms with van der Waals surface area (Å²) >= 11 is 0. The van der Waals surface area contributed by atoms with Gasteiger partial charge in [-0.1, -0.05) is 13.0 Å². The van der Waals surface area contributed by atoms with Crippen molar-refractivity contribution >= 4 is 33.2 Å². The summed E-state index contributed by atoms with van der Waals surface area (Å²) in [4.78, 5) is 25.3. The molecule has 13 heteroatoms. The van der Waals surface area contributed by atoms with E-state index in [0.29, 0.717) is 44.6 Å². The lowest BCUT2D eigenvalue weighted by Gasteiger charge is -2.38. The van der Waals surface area contributed by atoms with Crippen LogP contribution in [0.25, 0.3) is 32.8 Å². The molecule has 7 rings (SSSR count). The fourth-order valence-electron chi connectivity index (χ4n) is 7.30. The number of fused-ring (bicyclic) bond motifs is 2. The number of β-amino-alcohol motifs (C(OH)–C–C–N with tert-alkyl or cyclic N) is 1. The average molecular weight is 664 g/mol. The topological polar surface area (TPSA) is 134 Å². The number of phenolic OH excluding ortho intramolecular Hbond substituents is 1. The largest absolute Gasteiger partial charge is 0.508 e. The van der Waals surface area contributed by atoms with Crippen LogP contribution in [0.4, 0.5) is 20.3 Å². The van der Waals surface area contributed by atoms with E-state index in [1.165, 1.54) is 30.3 Å². The van der Waals surface area contributed by atoms with Crippen molar-refractivity contribution in [1.29, 1.82) is 0 Å². The molecule has 2 saturated heterocycles. The number of hydrogen-bond donors (Lipinski definition) is 2. The van der Waals surface area contributed by atoms with Crippen LogP contribution in [0.5, 0.6) is 11.8 Å². The second kappa shape index (κ2) is 12.4. The first-order valence-electron chi connectivity index (χ1n) is 16.5. The van der Waals surface area contributed by atoms with Crippen LogP contribution in [-0.2, 0) is 11.2 Å². The third-order valence-corrected chi connectivity index (χ3v) is 9.94. The number of nitrogens with zero attached hydrogens (tertiary/aromatic N) is 5. The maximum Gasteiger partial charge on any atom is 0.319 e. The molecule has 11 nitrogen and oxygen atoms in total. The van der Waals surface area contributed by atoms with Gasteiger partial charge in [0.25, 0.3) is 5.69 Å². The first kappa shape index (κ1) is 32.4. The molecule has 1 unspecified atom stereocenters. The maximum absolute atomic E-state index is 17.1. The predicted octanol–water partition coefficient (Wildman–Crippen LogP) is 5.75. The lowest BCUT2D eigenvalue weighted by atomic mass is 9.91. The number of aromatic nitrogens is 2. The Morgan fingerprint density at radius 2 is 1.88 bits per heavy atom. The number of nitro benzene ring substituents is 1. The zero-order valence-electron chi connectivity index (χ0n) is 27.1. The second-order valence-corrected chi connectivity index (χ2v) is 13.7. The zero-order valence-corrected chi connectivity index (χ0v) is 27.1. The van der Waals surface area contributed by atoms with Crippen LogP contribution >= 0.6 is 0 Å². The number of aryl methyl sites for hydroxylation is 1. The Bertz CT molecular complexity index is 1910. The number of aliphatic hydroxyl groups is 1. The van der Waals surface area contributed by atoms with Gasteiger partial charge in [0, 0.05) is 49.8 Å². The molecular formula is C35H39F2N5O6. The van der Waals surface area contributed by atoms with E-state index in [2.05, 4.69) is 14.9 Å². The fraction of sp³-hybridized carbons (Fsp3) is 0.486. The van der Waals surface area contributed by atoms with Gasteiger partial charge in [-0.25, -0.2) is 8.78 Å². The normalized spacial score (nSPS) is 21.1. The van der Waals surface area contributed by atoms with E-state index in [9.17, 15) is 20.3 Å². The molecule has 0 amide bonds. The van der Waals surface area contributed by atoms with Crippen molar-refractivity contribution in [2.45, 2.75) is 51.6 Å². The first-order chi connectivity index (χ1) is 23.0. The smallest absolute Gasteiger partial charge is 0.319 e. The molecule has 4 aromatic rings. The molecule has 1 aromatic heterocycles. The molecule has 254 valence electrons. The highest BCUT2D eigenvalue weighted by atomic mass is 19.1. The number of hydrogen-bond acceptors (Lipinski definition) is 10. The van der Waals surface area contributed by atoms with E-state index in [-0.39, 0.29) is 63.4 Å². The minimum absolute atomic E-state index is 0.0153. The van der Waals surface area contributed by atoms with Crippen molar-refractivity contribution < 1.29 is 33.4 Å². The van der Waals surface area contributed by atoms with Crippen molar-refractivity contribution in [2.24, 2.45) is 5.41 Å². The number of benzene rings is 3. The summed E-state index contributed by atoms with van der Waals surface area (Å²) in [6.07, 6.45) is 3.34. The summed E-state index contributed by atoms with van der Waals surface area (Å²) in [6.45, 7) is 8.29. The van der Waals surface area contributed by atoms with Crippen molar-refractivity contribution in [3.63, 3.8) is 0 Å². The maximum atomic E-state index is 17.1. The van der Waals surface area contributed by atoms with Gasteiger partial charge in [0.05, 0.1) is 41.3 Å². The molecule has 2 aliphatic heterocycles. The summed E-state index contributed by atoms with van der Waals surface area (Å²) in [5.41, 5.74) is -2.12. The number of anilines is 1. The number of rotatable bonds is 9. The molecule has 0 bridgehead atoms. The summed E-state index contributed by atoms with van der Waals surface area (Å²) < 4.78 is 43.9. The zero-order chi connectivity index (χ0) is 33.8. The first-order valence-corrected chi connectivity index (χ1v) is 16.5. The van der Waals surface area contributed by atoms with Gasteiger partial charge in [-0.05, 0) is 73.6 Å². The number of halogens is 2. The molecule has 2 N–H and O–H groups in total. The van der Waals surface area contributed by atoms with Crippen LogP contribution in [0.3, 0.4) is 0 Å². The van der Waals surface area contributed by atoms with Crippen LogP contribution in [0.15, 0.2) is 30.3 Å².